The number of nitrogens with one attached hydrogen (secondary N) is 1. The number of hydrogen-bond acceptors (Lipinski definition) is 4. The second-order valence-corrected chi connectivity index (χ2v) is 6.89. The molecule has 0 radical (unpaired) electrons. The minimum Gasteiger partial charge on any atom is -0.398 e. The van der Waals surface area contributed by atoms with Crippen molar-refractivity contribution in [2.45, 2.75) is 36.8 Å². The summed E-state index contributed by atoms with van der Waals surface area (Å²) in [5, 5.41) is 0.351. The number of halogens is 1. The molecule has 1 saturated carbocycles. The van der Waals surface area contributed by atoms with Crippen LogP contribution >= 0.6 is 11.6 Å². The summed E-state index contributed by atoms with van der Waals surface area (Å²) in [6, 6.07) is 2.76. The average molecular weight is 305 g/mol. The van der Waals surface area contributed by atoms with E-state index in [1.807, 2.05) is 0 Å². The molecule has 5 nitrogen and oxygen atoms in total. The quantitative estimate of drug-likeness (QED) is 0.829. The highest BCUT2D eigenvalue weighted by Crippen LogP contribution is 2.28. The van der Waals surface area contributed by atoms with Gasteiger partial charge in [-0.3, -0.25) is 0 Å². The molecule has 106 valence electrons. The van der Waals surface area contributed by atoms with Gasteiger partial charge in [-0.2, -0.15) is 0 Å². The van der Waals surface area contributed by atoms with Crippen molar-refractivity contribution >= 4 is 27.3 Å². The number of ether oxygens (including phenoxy) is 1. The summed E-state index contributed by atoms with van der Waals surface area (Å²) in [7, 11) is -1.96. The molecule has 1 aliphatic rings. The maximum atomic E-state index is 12.2. The fourth-order valence-corrected chi connectivity index (χ4v) is 3.58. The molecule has 7 heteroatoms. The molecular weight excluding hydrogens is 288 g/mol. The zero-order valence-electron chi connectivity index (χ0n) is 10.8. The summed E-state index contributed by atoms with van der Waals surface area (Å²) in [6.07, 6.45) is 1.51. The minimum atomic E-state index is -3.58. The Morgan fingerprint density at radius 1 is 1.42 bits per heavy atom. The Bertz CT molecular complexity index is 560. The van der Waals surface area contributed by atoms with E-state index in [1.165, 1.54) is 12.1 Å². The van der Waals surface area contributed by atoms with Gasteiger partial charge in [0.1, 0.15) is 0 Å². The molecule has 2 rings (SSSR count). The SMILES string of the molecule is COC1CC(NS(=O)(=O)c2cc(N)c(C)c(Cl)c2)C1. The summed E-state index contributed by atoms with van der Waals surface area (Å²) in [6.45, 7) is 1.75. The van der Waals surface area contributed by atoms with Crippen LogP contribution in [-0.2, 0) is 14.8 Å². The molecule has 19 heavy (non-hydrogen) atoms. The Balaban J connectivity index is 2.16. The molecule has 0 unspecified atom stereocenters. The van der Waals surface area contributed by atoms with Crippen molar-refractivity contribution in [1.82, 2.24) is 4.72 Å². The predicted octanol–water partition coefficient (Wildman–Crippen LogP) is 1.69. The third-order valence-corrected chi connectivity index (χ3v) is 5.31. The Labute approximate surface area is 118 Å². The van der Waals surface area contributed by atoms with Crippen LogP contribution in [0.5, 0.6) is 0 Å². The maximum Gasteiger partial charge on any atom is 0.240 e. The van der Waals surface area contributed by atoms with E-state index in [2.05, 4.69) is 4.72 Å². The molecule has 0 aliphatic heterocycles. The lowest BCUT2D eigenvalue weighted by molar-refractivity contribution is 0.0236. The Kier molecular flexibility index (Phi) is 4.06. The molecule has 0 heterocycles. The molecule has 3 N–H and O–H groups in total. The van der Waals surface area contributed by atoms with E-state index in [0.717, 1.165) is 0 Å². The van der Waals surface area contributed by atoms with Gasteiger partial charge in [0.05, 0.1) is 11.0 Å². The highest BCUT2D eigenvalue weighted by molar-refractivity contribution is 7.89. The van der Waals surface area contributed by atoms with Gasteiger partial charge in [0.25, 0.3) is 0 Å². The second kappa shape index (κ2) is 5.28. The molecule has 0 saturated heterocycles. The van der Waals surface area contributed by atoms with Gasteiger partial charge in [-0.15, -0.1) is 0 Å². The lowest BCUT2D eigenvalue weighted by atomic mass is 9.90. The van der Waals surface area contributed by atoms with Gasteiger partial charge in [0.2, 0.25) is 10.0 Å². The van der Waals surface area contributed by atoms with E-state index in [9.17, 15) is 8.42 Å². The van der Waals surface area contributed by atoms with Crippen LogP contribution < -0.4 is 10.5 Å². The van der Waals surface area contributed by atoms with E-state index >= 15 is 0 Å². The molecule has 1 aromatic carbocycles. The Morgan fingerprint density at radius 2 is 2.05 bits per heavy atom. The van der Waals surface area contributed by atoms with E-state index in [0.29, 0.717) is 29.1 Å². The molecule has 1 aliphatic carbocycles. The van der Waals surface area contributed by atoms with Crippen molar-refractivity contribution in [1.29, 1.82) is 0 Å². The molecule has 0 aromatic heterocycles. The molecular formula is C12H17ClN2O3S. The predicted molar refractivity (Wildman–Crippen MR) is 74.7 cm³/mol. The summed E-state index contributed by atoms with van der Waals surface area (Å²) < 4.78 is 32.1. The molecule has 1 fully saturated rings. The van der Waals surface area contributed by atoms with Crippen LogP contribution in [0.25, 0.3) is 0 Å². The van der Waals surface area contributed by atoms with Crippen LogP contribution in [-0.4, -0.2) is 27.7 Å². The smallest absolute Gasteiger partial charge is 0.240 e. The van der Waals surface area contributed by atoms with Gasteiger partial charge in [-0.25, -0.2) is 13.1 Å². The maximum absolute atomic E-state index is 12.2. The van der Waals surface area contributed by atoms with Gasteiger partial charge in [-0.1, -0.05) is 11.6 Å². The number of nitrogen functional groups attached to an aromatic ring is 1. The van der Waals surface area contributed by atoms with Crippen molar-refractivity contribution in [2.75, 3.05) is 12.8 Å². The molecule has 0 amide bonds. The third kappa shape index (κ3) is 3.02. The first-order chi connectivity index (χ1) is 8.83. The summed E-state index contributed by atoms with van der Waals surface area (Å²) in [5.74, 6) is 0. The number of anilines is 1. The van der Waals surface area contributed by atoms with Crippen LogP contribution in [0.1, 0.15) is 18.4 Å². The number of rotatable bonds is 4. The van der Waals surface area contributed by atoms with Crippen molar-refractivity contribution in [3.8, 4) is 0 Å². The van der Waals surface area contributed by atoms with Crippen molar-refractivity contribution in [3.05, 3.63) is 22.7 Å². The number of benzene rings is 1. The Hall–Kier alpha value is -0.820. The first-order valence-corrected chi connectivity index (χ1v) is 7.80. The summed E-state index contributed by atoms with van der Waals surface area (Å²) in [5.41, 5.74) is 6.80. The largest absolute Gasteiger partial charge is 0.398 e. The zero-order valence-corrected chi connectivity index (χ0v) is 12.4. The van der Waals surface area contributed by atoms with E-state index in [-0.39, 0.29) is 17.0 Å². The van der Waals surface area contributed by atoms with Crippen LogP contribution in [0.3, 0.4) is 0 Å². The summed E-state index contributed by atoms with van der Waals surface area (Å²) in [4.78, 5) is 0.0986. The van der Waals surface area contributed by atoms with E-state index < -0.39 is 10.0 Å². The third-order valence-electron chi connectivity index (χ3n) is 3.42. The van der Waals surface area contributed by atoms with Crippen molar-refractivity contribution in [2.24, 2.45) is 0 Å². The van der Waals surface area contributed by atoms with Gasteiger partial charge in [0.15, 0.2) is 0 Å². The highest BCUT2D eigenvalue weighted by Gasteiger charge is 2.32. The van der Waals surface area contributed by atoms with Crippen molar-refractivity contribution in [3.63, 3.8) is 0 Å². The number of hydrogen-bond donors (Lipinski definition) is 2. The highest BCUT2D eigenvalue weighted by atomic mass is 35.5. The molecule has 0 bridgehead atoms. The molecule has 1 aromatic rings. The van der Waals surface area contributed by atoms with Crippen LogP contribution in [0.4, 0.5) is 5.69 Å². The second-order valence-electron chi connectivity index (χ2n) is 4.77. The molecule has 0 spiro atoms. The minimum absolute atomic E-state index is 0.0868. The fraction of sp³-hybridized carbons (Fsp3) is 0.500. The Morgan fingerprint density at radius 3 is 2.58 bits per heavy atom. The monoisotopic (exact) mass is 304 g/mol. The van der Waals surface area contributed by atoms with Crippen LogP contribution in [0.2, 0.25) is 5.02 Å². The number of methoxy groups -OCH3 is 1. The number of sulfonamides is 1. The standard InChI is InChI=1S/C12H17ClN2O3S/c1-7-11(13)5-10(6-12(7)14)19(16,17)15-8-3-9(4-8)18-2/h5-6,8-9,15H,3-4,14H2,1-2H3. The van der Waals surface area contributed by atoms with Crippen LogP contribution in [0, 0.1) is 6.92 Å². The topological polar surface area (TPSA) is 81.4 Å². The fourth-order valence-electron chi connectivity index (χ4n) is 1.97. The molecule has 0 atom stereocenters. The lowest BCUT2D eigenvalue weighted by Gasteiger charge is -2.34. The van der Waals surface area contributed by atoms with Gasteiger partial charge >= 0.3 is 0 Å². The van der Waals surface area contributed by atoms with Gasteiger partial charge < -0.3 is 10.5 Å². The van der Waals surface area contributed by atoms with E-state index in [1.54, 1.807) is 14.0 Å². The van der Waals surface area contributed by atoms with E-state index in [4.69, 9.17) is 22.1 Å². The number of nitrogens with two attached hydrogens (primary N) is 1. The normalized spacial score (nSPS) is 23.1. The van der Waals surface area contributed by atoms with Gasteiger partial charge in [0, 0.05) is 23.9 Å². The first-order valence-electron chi connectivity index (χ1n) is 5.94. The zero-order chi connectivity index (χ0) is 14.2. The van der Waals surface area contributed by atoms with Gasteiger partial charge in [-0.05, 0) is 37.5 Å². The summed E-state index contributed by atoms with van der Waals surface area (Å²) >= 11 is 5.96. The van der Waals surface area contributed by atoms with Crippen LogP contribution in [0.15, 0.2) is 17.0 Å². The lowest BCUT2D eigenvalue weighted by Crippen LogP contribution is -2.47. The van der Waals surface area contributed by atoms with Crippen molar-refractivity contribution < 1.29 is 13.2 Å². The first kappa shape index (κ1) is 14.6. The average Bonchev–Trinajstić information content (AvgIpc) is 2.29.